The van der Waals surface area contributed by atoms with E-state index < -0.39 is 30.8 Å². The van der Waals surface area contributed by atoms with Crippen LogP contribution in [0.1, 0.15) is 47.2 Å². The molecule has 1 fully saturated rings. The Morgan fingerprint density at radius 3 is 2.14 bits per heavy atom. The molecule has 4 N–H and O–H groups in total. The van der Waals surface area contributed by atoms with E-state index in [1.807, 2.05) is 0 Å². The number of hydrogen-bond donors (Lipinski definition) is 2. The van der Waals surface area contributed by atoms with Crippen molar-refractivity contribution in [3.63, 3.8) is 0 Å². The summed E-state index contributed by atoms with van der Waals surface area (Å²) < 4.78 is 52.3. The van der Waals surface area contributed by atoms with Crippen LogP contribution in [0.4, 0.5) is 24.5 Å². The monoisotopic (exact) mass is 492 g/mol. The first-order chi connectivity index (χ1) is 16.6. The van der Waals surface area contributed by atoms with E-state index in [1.54, 1.807) is 48.5 Å². The lowest BCUT2D eigenvalue weighted by molar-refractivity contribution is -0.189. The molecule has 0 radical (unpaired) electrons. The van der Waals surface area contributed by atoms with Gasteiger partial charge in [0.15, 0.2) is 0 Å². The molecular formula is C25H27F3N2O5. The number of hydrogen-bond acceptors (Lipinski definition) is 7. The quantitative estimate of drug-likeness (QED) is 0.313. The minimum Gasteiger partial charge on any atom is -0.459 e. The van der Waals surface area contributed by atoms with Crippen molar-refractivity contribution >= 4 is 29.4 Å². The predicted molar refractivity (Wildman–Crippen MR) is 124 cm³/mol. The molecule has 0 atom stereocenters. The van der Waals surface area contributed by atoms with Crippen molar-refractivity contribution in [2.75, 3.05) is 18.1 Å². The molecule has 3 rings (SSSR count). The fraction of sp³-hybridized carbons (Fsp3) is 0.360. The predicted octanol–water partition coefficient (Wildman–Crippen LogP) is 4.65. The molecule has 0 unspecified atom stereocenters. The Morgan fingerprint density at radius 2 is 1.54 bits per heavy atom. The van der Waals surface area contributed by atoms with Gasteiger partial charge in [-0.3, -0.25) is 0 Å². The third kappa shape index (κ3) is 8.97. The molecule has 0 amide bonds. The minimum absolute atomic E-state index is 0.0273. The summed E-state index contributed by atoms with van der Waals surface area (Å²) in [6.07, 6.45) is -0.685. The van der Waals surface area contributed by atoms with Crippen LogP contribution in [0, 0.1) is 0 Å². The highest BCUT2D eigenvalue weighted by molar-refractivity contribution is 5.90. The number of ether oxygens (including phenoxy) is 3. The highest BCUT2D eigenvalue weighted by Crippen LogP contribution is 2.26. The van der Waals surface area contributed by atoms with Crippen molar-refractivity contribution in [3.8, 4) is 0 Å². The molecule has 0 bridgehead atoms. The standard InChI is InChI=1S/C25H27F3N2O5/c26-25(27,28)15-34-21-6-8-22(9-7-21)35-24(32)18-4-1-16(2-5-18)3-10-23(31)33-14-17-11-19(29)13-20(30)12-17/h1-5,10-13,21-22H,6-9,14-15,29-30H2. The largest absolute Gasteiger partial charge is 0.459 e. The fourth-order valence-electron chi connectivity index (χ4n) is 3.67. The van der Waals surface area contributed by atoms with Gasteiger partial charge >= 0.3 is 18.1 Å². The van der Waals surface area contributed by atoms with Crippen LogP contribution in [0.5, 0.6) is 0 Å². The van der Waals surface area contributed by atoms with Crippen LogP contribution in [-0.4, -0.2) is 36.9 Å². The molecule has 0 saturated heterocycles. The Kier molecular flexibility index (Phi) is 8.75. The summed E-state index contributed by atoms with van der Waals surface area (Å²) in [5.41, 5.74) is 14.1. The van der Waals surface area contributed by atoms with Gasteiger partial charge in [-0.15, -0.1) is 0 Å². The van der Waals surface area contributed by atoms with E-state index in [0.717, 1.165) is 0 Å². The highest BCUT2D eigenvalue weighted by atomic mass is 19.4. The molecule has 0 heterocycles. The van der Waals surface area contributed by atoms with Gasteiger partial charge in [-0.1, -0.05) is 12.1 Å². The van der Waals surface area contributed by atoms with Crippen LogP contribution >= 0.6 is 0 Å². The van der Waals surface area contributed by atoms with Gasteiger partial charge in [0.25, 0.3) is 0 Å². The summed E-state index contributed by atoms with van der Waals surface area (Å²) >= 11 is 0. The van der Waals surface area contributed by atoms with Crippen LogP contribution < -0.4 is 11.5 Å². The molecule has 35 heavy (non-hydrogen) atoms. The molecule has 1 aliphatic carbocycles. The van der Waals surface area contributed by atoms with E-state index in [9.17, 15) is 22.8 Å². The summed E-state index contributed by atoms with van der Waals surface area (Å²) in [5.74, 6) is -1.06. The Hall–Kier alpha value is -3.53. The zero-order valence-corrected chi connectivity index (χ0v) is 18.9. The molecular weight excluding hydrogens is 465 g/mol. The number of halogens is 3. The van der Waals surface area contributed by atoms with Crippen molar-refractivity contribution in [1.29, 1.82) is 0 Å². The number of carbonyl (C=O) groups is 2. The smallest absolute Gasteiger partial charge is 0.411 e. The SMILES string of the molecule is Nc1cc(N)cc(COC(=O)C=Cc2ccc(C(=O)OC3CCC(OCC(F)(F)F)CC3)cc2)c1. The molecule has 1 saturated carbocycles. The van der Waals surface area contributed by atoms with Gasteiger partial charge in [0, 0.05) is 17.5 Å². The van der Waals surface area contributed by atoms with Gasteiger partial charge in [0.05, 0.1) is 11.7 Å². The second kappa shape index (κ2) is 11.7. The average Bonchev–Trinajstić information content (AvgIpc) is 2.80. The average molecular weight is 492 g/mol. The van der Waals surface area contributed by atoms with E-state index in [4.69, 9.17) is 25.7 Å². The molecule has 0 aromatic heterocycles. The number of carbonyl (C=O) groups excluding carboxylic acids is 2. The van der Waals surface area contributed by atoms with Gasteiger partial charge < -0.3 is 25.7 Å². The zero-order chi connectivity index (χ0) is 25.4. The molecule has 2 aromatic carbocycles. The van der Waals surface area contributed by atoms with Crippen LogP contribution in [-0.2, 0) is 25.6 Å². The number of benzene rings is 2. The Labute approximate surface area is 200 Å². The number of alkyl halides is 3. The van der Waals surface area contributed by atoms with Crippen molar-refractivity contribution in [2.24, 2.45) is 0 Å². The third-order valence-corrected chi connectivity index (χ3v) is 5.35. The maximum absolute atomic E-state index is 12.4. The Balaban J connectivity index is 1.42. The summed E-state index contributed by atoms with van der Waals surface area (Å²) in [6, 6.07) is 11.4. The third-order valence-electron chi connectivity index (χ3n) is 5.35. The van der Waals surface area contributed by atoms with E-state index in [0.29, 0.717) is 53.7 Å². The summed E-state index contributed by atoms with van der Waals surface area (Å²) in [5, 5.41) is 0. The van der Waals surface area contributed by atoms with E-state index >= 15 is 0 Å². The van der Waals surface area contributed by atoms with Crippen LogP contribution in [0.25, 0.3) is 6.08 Å². The van der Waals surface area contributed by atoms with Crippen LogP contribution in [0.15, 0.2) is 48.5 Å². The van der Waals surface area contributed by atoms with Gasteiger partial charge in [-0.05, 0) is 73.2 Å². The summed E-state index contributed by atoms with van der Waals surface area (Å²) in [7, 11) is 0. The zero-order valence-electron chi connectivity index (χ0n) is 18.9. The van der Waals surface area contributed by atoms with Crippen molar-refractivity contribution in [3.05, 3.63) is 65.2 Å². The van der Waals surface area contributed by atoms with E-state index in [2.05, 4.69) is 0 Å². The molecule has 0 aliphatic heterocycles. The number of esters is 2. The Bertz CT molecular complexity index is 1030. The van der Waals surface area contributed by atoms with Crippen LogP contribution in [0.3, 0.4) is 0 Å². The lowest BCUT2D eigenvalue weighted by Gasteiger charge is -2.28. The maximum Gasteiger partial charge on any atom is 0.411 e. The van der Waals surface area contributed by atoms with Crippen molar-refractivity contribution in [2.45, 2.75) is 50.7 Å². The second-order valence-electron chi connectivity index (χ2n) is 8.30. The van der Waals surface area contributed by atoms with Crippen molar-refractivity contribution in [1.82, 2.24) is 0 Å². The number of nitrogen functional groups attached to an aromatic ring is 2. The van der Waals surface area contributed by atoms with Crippen LogP contribution in [0.2, 0.25) is 0 Å². The lowest BCUT2D eigenvalue weighted by atomic mass is 9.95. The molecule has 7 nitrogen and oxygen atoms in total. The molecule has 10 heteroatoms. The number of rotatable bonds is 8. The van der Waals surface area contributed by atoms with Gasteiger partial charge in [0.2, 0.25) is 0 Å². The lowest BCUT2D eigenvalue weighted by Crippen LogP contribution is -2.30. The molecule has 188 valence electrons. The first-order valence-electron chi connectivity index (χ1n) is 11.1. The molecule has 2 aromatic rings. The highest BCUT2D eigenvalue weighted by Gasteiger charge is 2.31. The number of nitrogens with two attached hydrogens (primary N) is 2. The molecule has 0 spiro atoms. The molecule has 1 aliphatic rings. The Morgan fingerprint density at radius 1 is 0.943 bits per heavy atom. The van der Waals surface area contributed by atoms with E-state index in [1.165, 1.54) is 6.08 Å². The van der Waals surface area contributed by atoms with Gasteiger partial charge in [-0.2, -0.15) is 13.2 Å². The van der Waals surface area contributed by atoms with Crippen molar-refractivity contribution < 1.29 is 37.0 Å². The van der Waals surface area contributed by atoms with E-state index in [-0.39, 0.29) is 12.7 Å². The fourth-order valence-corrected chi connectivity index (χ4v) is 3.67. The van der Waals surface area contributed by atoms with Gasteiger partial charge in [0.1, 0.15) is 19.3 Å². The topological polar surface area (TPSA) is 114 Å². The summed E-state index contributed by atoms with van der Waals surface area (Å²) in [4.78, 5) is 24.3. The maximum atomic E-state index is 12.4. The van der Waals surface area contributed by atoms with Gasteiger partial charge in [-0.25, -0.2) is 9.59 Å². The minimum atomic E-state index is -4.35. The normalized spacial score (nSPS) is 18.4. The first kappa shape index (κ1) is 26.1. The summed E-state index contributed by atoms with van der Waals surface area (Å²) in [6.45, 7) is -1.24. The number of anilines is 2. The second-order valence-corrected chi connectivity index (χ2v) is 8.30. The first-order valence-corrected chi connectivity index (χ1v) is 11.1.